The van der Waals surface area contributed by atoms with Crippen LogP contribution < -0.4 is 5.32 Å². The van der Waals surface area contributed by atoms with E-state index in [9.17, 15) is 5.26 Å². The van der Waals surface area contributed by atoms with Crippen LogP contribution in [-0.2, 0) is 0 Å². The van der Waals surface area contributed by atoms with Crippen molar-refractivity contribution in [3.8, 4) is 17.4 Å². The first-order valence-corrected chi connectivity index (χ1v) is 25.4. The van der Waals surface area contributed by atoms with Crippen LogP contribution in [0.25, 0.3) is 88.1 Å². The summed E-state index contributed by atoms with van der Waals surface area (Å²) in [4.78, 5) is 10.8. The van der Waals surface area contributed by atoms with Crippen LogP contribution in [-0.4, -0.2) is 25.4 Å². The number of aromatic nitrogens is 3. The van der Waals surface area contributed by atoms with E-state index in [1.54, 1.807) is 0 Å². The lowest BCUT2D eigenvalue weighted by atomic mass is 9.95. The zero-order valence-corrected chi connectivity index (χ0v) is 40.6. The van der Waals surface area contributed by atoms with E-state index in [1.807, 2.05) is 18.2 Å². The highest BCUT2D eigenvalue weighted by Crippen LogP contribution is 2.45. The molecule has 14 rings (SSSR count). The summed E-state index contributed by atoms with van der Waals surface area (Å²) < 4.78 is 7.25. The van der Waals surface area contributed by atoms with E-state index >= 15 is 0 Å². The fraction of sp³-hybridized carbons (Fsp3) is 0.106. The molecule has 0 amide bonds. The van der Waals surface area contributed by atoms with Crippen LogP contribution in [0.5, 0.6) is 0 Å². The number of nitriles is 1. The number of aliphatic imine (C=N–C) groups is 2. The number of amidine groups is 2. The van der Waals surface area contributed by atoms with E-state index in [1.165, 1.54) is 27.3 Å². The number of rotatable bonds is 7. The van der Waals surface area contributed by atoms with E-state index in [0.717, 1.165) is 120 Å². The Morgan fingerprint density at radius 2 is 1.21 bits per heavy atom. The lowest BCUT2D eigenvalue weighted by molar-refractivity contribution is 0.673. The number of nitrogens with zero attached hydrogens (tertiary/aromatic N) is 6. The van der Waals surface area contributed by atoms with Crippen LogP contribution in [0.1, 0.15) is 70.8 Å². The van der Waals surface area contributed by atoms with Gasteiger partial charge in [-0.2, -0.15) is 5.26 Å². The van der Waals surface area contributed by atoms with E-state index in [0.29, 0.717) is 17.2 Å². The summed E-state index contributed by atoms with van der Waals surface area (Å²) in [7, 11) is 0. The quantitative estimate of drug-likeness (QED) is 0.173. The number of allylic oxidation sites excluding steroid dienone is 8. The molecule has 0 spiro atoms. The molecule has 7 heteroatoms. The van der Waals surface area contributed by atoms with E-state index in [4.69, 9.17) is 9.98 Å². The molecule has 2 aliphatic carbocycles. The summed E-state index contributed by atoms with van der Waals surface area (Å²) in [5.41, 5.74) is 17.5. The Morgan fingerprint density at radius 3 is 1.89 bits per heavy atom. The monoisotopic (exact) mass is 939 g/mol. The first-order chi connectivity index (χ1) is 36.0. The molecule has 1 atom stereocenters. The van der Waals surface area contributed by atoms with Gasteiger partial charge in [-0.3, -0.25) is 0 Å². The summed E-state index contributed by atoms with van der Waals surface area (Å²) in [6.45, 7) is 4.40. The lowest BCUT2D eigenvalue weighted by Crippen LogP contribution is -2.34. The fourth-order valence-electron chi connectivity index (χ4n) is 11.9. The first kappa shape index (κ1) is 42.6. The van der Waals surface area contributed by atoms with Crippen LogP contribution in [0.3, 0.4) is 0 Å². The molecule has 0 radical (unpaired) electrons. The molecule has 3 aromatic heterocycles. The highest BCUT2D eigenvalue weighted by molar-refractivity contribution is 6.25. The van der Waals surface area contributed by atoms with Crippen molar-refractivity contribution in [1.82, 2.24) is 19.0 Å². The second kappa shape index (κ2) is 17.0. The van der Waals surface area contributed by atoms with Crippen LogP contribution in [0, 0.1) is 25.2 Å². The zero-order chi connectivity index (χ0) is 48.7. The number of para-hydroxylation sites is 4. The van der Waals surface area contributed by atoms with Gasteiger partial charge in [0.15, 0.2) is 5.84 Å². The third-order valence-electron chi connectivity index (χ3n) is 15.2. The number of nitrogens with one attached hydrogen (secondary N) is 1. The number of aryl methyl sites for hydroxylation is 2. The van der Waals surface area contributed by atoms with Crippen LogP contribution in [0.2, 0.25) is 0 Å². The molecule has 11 aromatic rings. The van der Waals surface area contributed by atoms with Gasteiger partial charge >= 0.3 is 0 Å². The molecule has 8 aromatic carbocycles. The number of benzene rings is 8. The molecule has 348 valence electrons. The summed E-state index contributed by atoms with van der Waals surface area (Å²) in [6, 6.07) is 61.2. The van der Waals surface area contributed by atoms with Crippen LogP contribution >= 0.6 is 0 Å². The topological polar surface area (TPSA) is 75.3 Å². The maximum absolute atomic E-state index is 11.8. The van der Waals surface area contributed by atoms with Crippen molar-refractivity contribution in [2.45, 2.75) is 45.7 Å². The Hall–Kier alpha value is -9.25. The molecule has 1 aliphatic heterocycles. The minimum atomic E-state index is -0.474. The standard InChI is InChI=1S/C66H49N7/c1-41-19-16-31-51-52-32-17-20-42(2)61(52)73(60(41)51)59-39-58(72-57-34-15-13-30-50(57)54-36-35-53-49-29-12-14-33-56(49)71(62(53)63(54)72)48-27-10-5-11-28-48)47(40-67)38-55(59)66-69-64(44-23-8-4-9-24-44)68-65(70-66)46-26-18-25-45(37-46)43-21-6-3-7-22-43/h3-4,6,8-10,12-21,23-39,65H,5,7,11,22H2,1-2H3,(H,68,69,70). The number of hydrogen-bond donors (Lipinski definition) is 1. The molecule has 0 bridgehead atoms. The van der Waals surface area contributed by atoms with Crippen LogP contribution in [0.4, 0.5) is 0 Å². The lowest BCUT2D eigenvalue weighted by Gasteiger charge is -2.27. The predicted molar refractivity (Wildman–Crippen MR) is 303 cm³/mol. The smallest absolute Gasteiger partial charge is 0.159 e. The Bertz CT molecular complexity index is 4320. The largest absolute Gasteiger partial charge is 0.344 e. The van der Waals surface area contributed by atoms with Crippen molar-refractivity contribution < 1.29 is 0 Å². The molecule has 3 aliphatic rings. The third kappa shape index (κ3) is 6.71. The summed E-state index contributed by atoms with van der Waals surface area (Å²) in [5, 5.41) is 22.6. The maximum atomic E-state index is 11.8. The summed E-state index contributed by atoms with van der Waals surface area (Å²) in [5.74, 6) is 1.26. The first-order valence-electron chi connectivity index (χ1n) is 25.4. The normalized spacial score (nSPS) is 15.8. The SMILES string of the molecule is Cc1cccc2c3cccc(C)c3n(-c3cc(-n4c5ccccc5c5ccc6c7ccccc7n(C7=CCCC=C7)c6c54)c(C#N)cc3C3=NC(c4ccccc4)=NC(c4cccc(C5=CC=CCC5)c4)N3)c12. The second-order valence-electron chi connectivity index (χ2n) is 19.6. The van der Waals surface area contributed by atoms with Crippen molar-refractivity contribution in [2.24, 2.45) is 9.98 Å². The Kier molecular flexibility index (Phi) is 9.90. The van der Waals surface area contributed by atoms with Crippen molar-refractivity contribution in [3.05, 3.63) is 239 Å². The number of hydrogen-bond acceptors (Lipinski definition) is 4. The molecule has 4 heterocycles. The van der Waals surface area contributed by atoms with Crippen molar-refractivity contribution in [3.63, 3.8) is 0 Å². The van der Waals surface area contributed by atoms with Crippen LogP contribution in [0.15, 0.2) is 210 Å². The Labute approximate surface area is 423 Å². The molecular weight excluding hydrogens is 891 g/mol. The second-order valence-corrected chi connectivity index (χ2v) is 19.6. The molecule has 0 fully saturated rings. The van der Waals surface area contributed by atoms with Crippen molar-refractivity contribution in [2.75, 3.05) is 0 Å². The van der Waals surface area contributed by atoms with Gasteiger partial charge < -0.3 is 19.0 Å². The van der Waals surface area contributed by atoms with Gasteiger partial charge in [-0.25, -0.2) is 9.98 Å². The molecule has 0 saturated carbocycles. The third-order valence-corrected chi connectivity index (χ3v) is 15.2. The molecular formula is C66H49N7. The van der Waals surface area contributed by atoms with Gasteiger partial charge in [0.1, 0.15) is 18.1 Å². The highest BCUT2D eigenvalue weighted by Gasteiger charge is 2.29. The molecule has 0 saturated heterocycles. The molecule has 7 nitrogen and oxygen atoms in total. The van der Waals surface area contributed by atoms with E-state index in [-0.39, 0.29) is 0 Å². The summed E-state index contributed by atoms with van der Waals surface area (Å²) in [6.07, 6.45) is 17.0. The highest BCUT2D eigenvalue weighted by atomic mass is 15.2. The van der Waals surface area contributed by atoms with Gasteiger partial charge in [-0.05, 0) is 104 Å². The Morgan fingerprint density at radius 1 is 0.562 bits per heavy atom. The van der Waals surface area contributed by atoms with Gasteiger partial charge in [0.05, 0.1) is 50.0 Å². The van der Waals surface area contributed by atoms with E-state index < -0.39 is 6.17 Å². The van der Waals surface area contributed by atoms with Gasteiger partial charge in [-0.1, -0.05) is 164 Å². The van der Waals surface area contributed by atoms with E-state index in [2.05, 4.69) is 221 Å². The van der Waals surface area contributed by atoms with Crippen molar-refractivity contribution in [1.29, 1.82) is 5.26 Å². The van der Waals surface area contributed by atoms with Gasteiger partial charge in [-0.15, -0.1) is 0 Å². The summed E-state index contributed by atoms with van der Waals surface area (Å²) >= 11 is 0. The number of fused-ring (bicyclic) bond motifs is 10. The average molecular weight is 940 g/mol. The van der Waals surface area contributed by atoms with Gasteiger partial charge in [0.2, 0.25) is 0 Å². The predicted octanol–water partition coefficient (Wildman–Crippen LogP) is 15.9. The minimum absolute atomic E-state index is 0.474. The minimum Gasteiger partial charge on any atom is -0.344 e. The van der Waals surface area contributed by atoms with Gasteiger partial charge in [0.25, 0.3) is 0 Å². The van der Waals surface area contributed by atoms with Gasteiger partial charge in [0, 0.05) is 49.1 Å². The molecule has 1 N–H and O–H groups in total. The molecule has 1 unspecified atom stereocenters. The maximum Gasteiger partial charge on any atom is 0.159 e. The Balaban J connectivity index is 1.10. The molecule has 73 heavy (non-hydrogen) atoms. The zero-order valence-electron chi connectivity index (χ0n) is 40.6. The average Bonchev–Trinajstić information content (AvgIpc) is 4.11. The van der Waals surface area contributed by atoms with Crippen molar-refractivity contribution >= 4 is 88.4 Å². The fourth-order valence-corrected chi connectivity index (χ4v) is 11.9.